The highest BCUT2D eigenvalue weighted by Gasteiger charge is 2.07. The zero-order chi connectivity index (χ0) is 10.6. The summed E-state index contributed by atoms with van der Waals surface area (Å²) < 4.78 is 5.53. The molecule has 1 rings (SSSR count). The number of ether oxygens (including phenoxy) is 1. The SMILES string of the molecule is CNCc1ccc(C(=O)OC)cc1Br. The molecular weight excluding hydrogens is 246 g/mol. The predicted molar refractivity (Wildman–Crippen MR) is 58.2 cm³/mol. The number of rotatable bonds is 3. The summed E-state index contributed by atoms with van der Waals surface area (Å²) in [5.41, 5.74) is 1.67. The summed E-state index contributed by atoms with van der Waals surface area (Å²) in [5.74, 6) is -0.318. The van der Waals surface area contributed by atoms with E-state index >= 15 is 0 Å². The standard InChI is InChI=1S/C10H12BrNO2/c1-12-6-8-4-3-7(5-9(8)11)10(13)14-2/h3-5,12H,6H2,1-2H3. The number of benzene rings is 1. The van der Waals surface area contributed by atoms with Crippen LogP contribution in [0.25, 0.3) is 0 Å². The van der Waals surface area contributed by atoms with Gasteiger partial charge in [0.15, 0.2) is 0 Å². The van der Waals surface area contributed by atoms with Crippen LogP contribution in [0.2, 0.25) is 0 Å². The lowest BCUT2D eigenvalue weighted by Gasteiger charge is -2.05. The summed E-state index contributed by atoms with van der Waals surface area (Å²) in [6.07, 6.45) is 0. The van der Waals surface area contributed by atoms with Gasteiger partial charge in [-0.25, -0.2) is 4.79 Å². The van der Waals surface area contributed by atoms with Crippen LogP contribution in [-0.2, 0) is 11.3 Å². The Morgan fingerprint density at radius 2 is 2.29 bits per heavy atom. The summed E-state index contributed by atoms with van der Waals surface area (Å²) in [6.45, 7) is 0.766. The van der Waals surface area contributed by atoms with Gasteiger partial charge in [0.1, 0.15) is 0 Å². The number of hydrogen-bond donors (Lipinski definition) is 1. The lowest BCUT2D eigenvalue weighted by atomic mass is 10.1. The van der Waals surface area contributed by atoms with Gasteiger partial charge in [-0.1, -0.05) is 22.0 Å². The molecule has 0 aliphatic carbocycles. The zero-order valence-electron chi connectivity index (χ0n) is 8.13. The maximum absolute atomic E-state index is 11.2. The van der Waals surface area contributed by atoms with Crippen LogP contribution in [0.15, 0.2) is 22.7 Å². The first-order valence-electron chi connectivity index (χ1n) is 4.20. The van der Waals surface area contributed by atoms with Crippen LogP contribution in [-0.4, -0.2) is 20.1 Å². The third-order valence-corrected chi connectivity index (χ3v) is 2.58. The van der Waals surface area contributed by atoms with Crippen molar-refractivity contribution in [1.82, 2.24) is 5.32 Å². The minimum Gasteiger partial charge on any atom is -0.465 e. The fourth-order valence-corrected chi connectivity index (χ4v) is 1.64. The van der Waals surface area contributed by atoms with Crippen molar-refractivity contribution >= 4 is 21.9 Å². The number of esters is 1. The molecule has 0 amide bonds. The highest BCUT2D eigenvalue weighted by molar-refractivity contribution is 9.10. The normalized spacial score (nSPS) is 9.93. The van der Waals surface area contributed by atoms with E-state index in [-0.39, 0.29) is 5.97 Å². The van der Waals surface area contributed by atoms with Crippen molar-refractivity contribution in [3.8, 4) is 0 Å². The number of carbonyl (C=O) groups is 1. The van der Waals surface area contributed by atoms with Crippen LogP contribution in [0.1, 0.15) is 15.9 Å². The molecule has 0 saturated heterocycles. The van der Waals surface area contributed by atoms with Crippen LogP contribution in [0.5, 0.6) is 0 Å². The molecule has 0 aromatic heterocycles. The second kappa shape index (κ2) is 5.12. The molecule has 14 heavy (non-hydrogen) atoms. The Kier molecular flexibility index (Phi) is 4.10. The van der Waals surface area contributed by atoms with Crippen LogP contribution >= 0.6 is 15.9 Å². The highest BCUT2D eigenvalue weighted by atomic mass is 79.9. The first-order valence-corrected chi connectivity index (χ1v) is 4.99. The minimum atomic E-state index is -0.318. The summed E-state index contributed by atoms with van der Waals surface area (Å²) in [7, 11) is 3.25. The number of halogens is 1. The summed E-state index contributed by atoms with van der Waals surface area (Å²) >= 11 is 3.40. The van der Waals surface area contributed by atoms with E-state index in [1.807, 2.05) is 13.1 Å². The quantitative estimate of drug-likeness (QED) is 0.842. The van der Waals surface area contributed by atoms with E-state index in [1.54, 1.807) is 12.1 Å². The molecule has 0 bridgehead atoms. The van der Waals surface area contributed by atoms with Gasteiger partial charge < -0.3 is 10.1 Å². The number of carbonyl (C=O) groups excluding carboxylic acids is 1. The van der Waals surface area contributed by atoms with Crippen LogP contribution < -0.4 is 5.32 Å². The molecule has 1 N–H and O–H groups in total. The van der Waals surface area contributed by atoms with Gasteiger partial charge in [-0.3, -0.25) is 0 Å². The highest BCUT2D eigenvalue weighted by Crippen LogP contribution is 2.18. The van der Waals surface area contributed by atoms with Crippen molar-refractivity contribution in [3.05, 3.63) is 33.8 Å². The Bertz CT molecular complexity index is 339. The number of methoxy groups -OCH3 is 1. The van der Waals surface area contributed by atoms with E-state index < -0.39 is 0 Å². The second-order valence-corrected chi connectivity index (χ2v) is 3.68. The van der Waals surface area contributed by atoms with Gasteiger partial charge in [-0.15, -0.1) is 0 Å². The first kappa shape index (κ1) is 11.2. The average Bonchev–Trinajstić information content (AvgIpc) is 2.20. The Labute approximate surface area is 91.6 Å². The fraction of sp³-hybridized carbons (Fsp3) is 0.300. The van der Waals surface area contributed by atoms with Crippen LogP contribution in [0.3, 0.4) is 0 Å². The second-order valence-electron chi connectivity index (χ2n) is 2.83. The number of hydrogen-bond acceptors (Lipinski definition) is 3. The van der Waals surface area contributed by atoms with E-state index in [2.05, 4.69) is 26.0 Å². The smallest absolute Gasteiger partial charge is 0.337 e. The maximum atomic E-state index is 11.2. The molecule has 0 aliphatic rings. The lowest BCUT2D eigenvalue weighted by Crippen LogP contribution is -2.07. The Balaban J connectivity index is 2.94. The topological polar surface area (TPSA) is 38.3 Å². The van der Waals surface area contributed by atoms with Crippen molar-refractivity contribution < 1.29 is 9.53 Å². The van der Waals surface area contributed by atoms with Crippen LogP contribution in [0, 0.1) is 0 Å². The summed E-state index contributed by atoms with van der Waals surface area (Å²) in [4.78, 5) is 11.2. The van der Waals surface area contributed by atoms with Gasteiger partial charge in [-0.05, 0) is 24.7 Å². The lowest BCUT2D eigenvalue weighted by molar-refractivity contribution is 0.0600. The van der Waals surface area contributed by atoms with E-state index in [0.717, 1.165) is 16.6 Å². The van der Waals surface area contributed by atoms with Crippen molar-refractivity contribution in [2.75, 3.05) is 14.2 Å². The zero-order valence-corrected chi connectivity index (χ0v) is 9.72. The Hall–Kier alpha value is -0.870. The van der Waals surface area contributed by atoms with Crippen molar-refractivity contribution in [3.63, 3.8) is 0 Å². The summed E-state index contributed by atoms with van der Waals surface area (Å²) in [6, 6.07) is 5.41. The van der Waals surface area contributed by atoms with Gasteiger partial charge in [0.2, 0.25) is 0 Å². The molecule has 0 aliphatic heterocycles. The van der Waals surface area contributed by atoms with E-state index in [0.29, 0.717) is 5.56 Å². The molecule has 3 nitrogen and oxygen atoms in total. The van der Waals surface area contributed by atoms with Gasteiger partial charge in [0.05, 0.1) is 12.7 Å². The fourth-order valence-electron chi connectivity index (χ4n) is 1.13. The molecule has 4 heteroatoms. The first-order chi connectivity index (χ1) is 6.69. The minimum absolute atomic E-state index is 0.318. The van der Waals surface area contributed by atoms with E-state index in [9.17, 15) is 4.79 Å². The molecule has 0 radical (unpaired) electrons. The molecule has 0 atom stereocenters. The largest absolute Gasteiger partial charge is 0.465 e. The molecular formula is C10H12BrNO2. The third-order valence-electron chi connectivity index (χ3n) is 1.84. The monoisotopic (exact) mass is 257 g/mol. The molecule has 1 aromatic carbocycles. The van der Waals surface area contributed by atoms with Crippen molar-refractivity contribution in [2.45, 2.75) is 6.54 Å². The van der Waals surface area contributed by atoms with Crippen LogP contribution in [0.4, 0.5) is 0 Å². The van der Waals surface area contributed by atoms with E-state index in [4.69, 9.17) is 0 Å². The number of nitrogens with one attached hydrogen (secondary N) is 1. The Morgan fingerprint density at radius 3 is 2.79 bits per heavy atom. The molecule has 76 valence electrons. The molecule has 1 aromatic rings. The average molecular weight is 258 g/mol. The molecule has 0 spiro atoms. The Morgan fingerprint density at radius 1 is 1.57 bits per heavy atom. The molecule has 0 unspecified atom stereocenters. The van der Waals surface area contributed by atoms with Crippen molar-refractivity contribution in [2.24, 2.45) is 0 Å². The maximum Gasteiger partial charge on any atom is 0.337 e. The molecule has 0 saturated carbocycles. The van der Waals surface area contributed by atoms with E-state index in [1.165, 1.54) is 7.11 Å². The predicted octanol–water partition coefficient (Wildman–Crippen LogP) is 1.96. The third kappa shape index (κ3) is 2.56. The van der Waals surface area contributed by atoms with Gasteiger partial charge >= 0.3 is 5.97 Å². The van der Waals surface area contributed by atoms with Gasteiger partial charge in [-0.2, -0.15) is 0 Å². The van der Waals surface area contributed by atoms with Crippen molar-refractivity contribution in [1.29, 1.82) is 0 Å². The van der Waals surface area contributed by atoms with Gasteiger partial charge in [0, 0.05) is 11.0 Å². The van der Waals surface area contributed by atoms with Gasteiger partial charge in [0.25, 0.3) is 0 Å². The molecule has 0 heterocycles. The molecule has 0 fully saturated rings. The summed E-state index contributed by atoms with van der Waals surface area (Å²) in [5, 5.41) is 3.04.